The molecule has 1 aromatic rings. The van der Waals surface area contributed by atoms with Crippen LogP contribution in [0.15, 0.2) is 12.1 Å². The normalized spacial score (nSPS) is 23.6. The lowest BCUT2D eigenvalue weighted by molar-refractivity contribution is 0.206. The molecule has 2 atom stereocenters. The maximum absolute atomic E-state index is 14.0. The van der Waals surface area contributed by atoms with Crippen molar-refractivity contribution >= 4 is 22.9 Å². The van der Waals surface area contributed by atoms with Crippen LogP contribution in [0.3, 0.4) is 0 Å². The minimum atomic E-state index is -0.983. The zero-order valence-corrected chi connectivity index (χ0v) is 12.4. The van der Waals surface area contributed by atoms with Crippen molar-refractivity contribution < 1.29 is 8.78 Å². The molecular formula is C14H19F2N3S. The average Bonchev–Trinajstić information content (AvgIpc) is 2.37. The lowest BCUT2D eigenvalue weighted by Gasteiger charge is -2.35. The highest BCUT2D eigenvalue weighted by molar-refractivity contribution is 7.80. The highest BCUT2D eigenvalue weighted by Gasteiger charge is 2.25. The van der Waals surface area contributed by atoms with E-state index in [9.17, 15) is 8.78 Å². The molecular weight excluding hydrogens is 280 g/mol. The van der Waals surface area contributed by atoms with Gasteiger partial charge in [-0.1, -0.05) is 19.1 Å². The van der Waals surface area contributed by atoms with E-state index in [1.165, 1.54) is 12.1 Å². The molecule has 110 valence electrons. The van der Waals surface area contributed by atoms with E-state index in [4.69, 9.17) is 18.0 Å². The number of benzene rings is 1. The number of rotatable bonds is 3. The largest absolute Gasteiger partial charge is 0.389 e. The van der Waals surface area contributed by atoms with Gasteiger partial charge in [-0.25, -0.2) is 8.78 Å². The van der Waals surface area contributed by atoms with Crippen molar-refractivity contribution in [3.05, 3.63) is 29.3 Å². The summed E-state index contributed by atoms with van der Waals surface area (Å²) in [6, 6.07) is 3.05. The summed E-state index contributed by atoms with van der Waals surface area (Å²) in [5.74, 6) is -1.53. The lowest BCUT2D eigenvalue weighted by Crippen LogP contribution is -2.43. The minimum Gasteiger partial charge on any atom is -0.389 e. The van der Waals surface area contributed by atoms with Crippen molar-refractivity contribution in [2.45, 2.75) is 19.4 Å². The van der Waals surface area contributed by atoms with E-state index >= 15 is 0 Å². The number of piperidine rings is 1. The van der Waals surface area contributed by atoms with E-state index in [1.54, 1.807) is 0 Å². The molecule has 2 unspecified atom stereocenters. The molecule has 20 heavy (non-hydrogen) atoms. The number of nitrogens with zero attached hydrogens (tertiary/aromatic N) is 1. The van der Waals surface area contributed by atoms with Crippen LogP contribution in [-0.4, -0.2) is 36.1 Å². The Labute approximate surface area is 123 Å². The van der Waals surface area contributed by atoms with Crippen LogP contribution in [0.5, 0.6) is 0 Å². The summed E-state index contributed by atoms with van der Waals surface area (Å²) >= 11 is 4.69. The number of hydrogen-bond donors (Lipinski definition) is 2. The van der Waals surface area contributed by atoms with Gasteiger partial charge in [0.25, 0.3) is 0 Å². The Hall–Kier alpha value is -1.27. The molecule has 0 saturated carbocycles. The lowest BCUT2D eigenvalue weighted by atomic mass is 9.94. The summed E-state index contributed by atoms with van der Waals surface area (Å²) in [5.41, 5.74) is 5.47. The number of nitrogens with one attached hydrogen (secondary N) is 1. The number of likely N-dealkylation sites (tertiary alicyclic amines) is 1. The van der Waals surface area contributed by atoms with Crippen molar-refractivity contribution in [2.75, 3.05) is 25.5 Å². The van der Waals surface area contributed by atoms with Gasteiger partial charge in [-0.3, -0.25) is 0 Å². The first-order chi connectivity index (χ1) is 9.40. The van der Waals surface area contributed by atoms with Crippen molar-refractivity contribution in [3.63, 3.8) is 0 Å². The predicted molar refractivity (Wildman–Crippen MR) is 80.9 cm³/mol. The second-order valence-electron chi connectivity index (χ2n) is 5.43. The van der Waals surface area contributed by atoms with E-state index in [0.717, 1.165) is 19.5 Å². The SMILES string of the molecule is CC1CN(C)CCC1Nc1ccc(C(N)=S)c(F)c1F. The van der Waals surface area contributed by atoms with Crippen LogP contribution in [0.4, 0.5) is 14.5 Å². The average molecular weight is 299 g/mol. The fourth-order valence-electron chi connectivity index (χ4n) is 2.62. The van der Waals surface area contributed by atoms with Crippen LogP contribution in [0.25, 0.3) is 0 Å². The molecule has 0 aromatic heterocycles. The van der Waals surface area contributed by atoms with Gasteiger partial charge in [-0.15, -0.1) is 0 Å². The van der Waals surface area contributed by atoms with E-state index in [0.29, 0.717) is 5.92 Å². The maximum Gasteiger partial charge on any atom is 0.182 e. The highest BCUT2D eigenvalue weighted by atomic mass is 32.1. The fraction of sp³-hybridized carbons (Fsp3) is 0.500. The van der Waals surface area contributed by atoms with Gasteiger partial charge < -0.3 is 16.0 Å². The quantitative estimate of drug-likeness (QED) is 0.841. The number of halogens is 2. The summed E-state index contributed by atoms with van der Waals surface area (Å²) in [6.07, 6.45) is 0.899. The summed E-state index contributed by atoms with van der Waals surface area (Å²) in [5, 5.41) is 3.10. The summed E-state index contributed by atoms with van der Waals surface area (Å²) in [4.78, 5) is 2.09. The van der Waals surface area contributed by atoms with E-state index in [-0.39, 0.29) is 22.3 Å². The molecule has 0 bridgehead atoms. The van der Waals surface area contributed by atoms with Crippen molar-refractivity contribution in [2.24, 2.45) is 11.7 Å². The second kappa shape index (κ2) is 6.01. The number of anilines is 1. The molecule has 3 nitrogen and oxygen atoms in total. The molecule has 3 N–H and O–H groups in total. The Balaban J connectivity index is 2.18. The first-order valence-electron chi connectivity index (χ1n) is 6.63. The van der Waals surface area contributed by atoms with Gasteiger partial charge in [-0.05, 0) is 38.1 Å². The molecule has 1 fully saturated rings. The van der Waals surface area contributed by atoms with E-state index < -0.39 is 11.6 Å². The van der Waals surface area contributed by atoms with Crippen molar-refractivity contribution in [1.82, 2.24) is 4.90 Å². The number of thiocarbonyl (C=S) groups is 1. The van der Waals surface area contributed by atoms with E-state index in [2.05, 4.69) is 24.2 Å². The predicted octanol–water partition coefficient (Wildman–Crippen LogP) is 2.35. The molecule has 6 heteroatoms. The van der Waals surface area contributed by atoms with Crippen molar-refractivity contribution in [1.29, 1.82) is 0 Å². The Morgan fingerprint density at radius 2 is 2.10 bits per heavy atom. The van der Waals surface area contributed by atoms with Crippen LogP contribution in [0, 0.1) is 17.6 Å². The van der Waals surface area contributed by atoms with Crippen LogP contribution < -0.4 is 11.1 Å². The van der Waals surface area contributed by atoms with Gasteiger partial charge in [-0.2, -0.15) is 0 Å². The topological polar surface area (TPSA) is 41.3 Å². The number of hydrogen-bond acceptors (Lipinski definition) is 3. The molecule has 1 heterocycles. The van der Waals surface area contributed by atoms with Crippen molar-refractivity contribution in [3.8, 4) is 0 Å². The summed E-state index contributed by atoms with van der Waals surface area (Å²) < 4.78 is 27.9. The number of nitrogens with two attached hydrogens (primary N) is 1. The first kappa shape index (κ1) is 15.1. The first-order valence-corrected chi connectivity index (χ1v) is 7.04. The molecule has 1 saturated heterocycles. The molecule has 1 aliphatic heterocycles. The van der Waals surface area contributed by atoms with Gasteiger partial charge in [0.2, 0.25) is 0 Å². The van der Waals surface area contributed by atoms with Crippen LogP contribution in [0.2, 0.25) is 0 Å². The Kier molecular flexibility index (Phi) is 4.55. The van der Waals surface area contributed by atoms with Gasteiger partial charge in [0.1, 0.15) is 4.99 Å². The third kappa shape index (κ3) is 3.07. The fourth-order valence-corrected chi connectivity index (χ4v) is 2.78. The van der Waals surface area contributed by atoms with Crippen LogP contribution in [0.1, 0.15) is 18.9 Å². The molecule has 0 aliphatic carbocycles. The third-order valence-electron chi connectivity index (χ3n) is 3.80. The zero-order chi connectivity index (χ0) is 14.9. The monoisotopic (exact) mass is 299 g/mol. The molecule has 1 aromatic carbocycles. The molecule has 0 radical (unpaired) electrons. The minimum absolute atomic E-state index is 0.0560. The maximum atomic E-state index is 14.0. The second-order valence-corrected chi connectivity index (χ2v) is 5.87. The Morgan fingerprint density at radius 3 is 2.70 bits per heavy atom. The Bertz CT molecular complexity index is 521. The van der Waals surface area contributed by atoms with Gasteiger partial charge in [0.05, 0.1) is 5.69 Å². The van der Waals surface area contributed by atoms with Gasteiger partial charge in [0, 0.05) is 18.2 Å². The van der Waals surface area contributed by atoms with Gasteiger partial charge in [0.15, 0.2) is 11.6 Å². The standard InChI is InChI=1S/C14H19F2N3S/c1-8-7-19(2)6-5-10(8)18-11-4-3-9(14(17)20)12(15)13(11)16/h3-4,8,10,18H,5-7H2,1-2H3,(H2,17,20). The van der Waals surface area contributed by atoms with E-state index in [1.807, 2.05) is 0 Å². The molecule has 0 spiro atoms. The molecule has 0 amide bonds. The third-order valence-corrected chi connectivity index (χ3v) is 4.02. The van der Waals surface area contributed by atoms with Gasteiger partial charge >= 0.3 is 0 Å². The summed E-state index contributed by atoms with van der Waals surface area (Å²) in [7, 11) is 2.06. The zero-order valence-electron chi connectivity index (χ0n) is 11.6. The highest BCUT2D eigenvalue weighted by Crippen LogP contribution is 2.25. The smallest absolute Gasteiger partial charge is 0.182 e. The van der Waals surface area contributed by atoms with Crippen LogP contribution >= 0.6 is 12.2 Å². The van der Waals surface area contributed by atoms with Crippen LogP contribution in [-0.2, 0) is 0 Å². The summed E-state index contributed by atoms with van der Waals surface area (Å²) in [6.45, 7) is 3.98. The Morgan fingerprint density at radius 1 is 1.40 bits per heavy atom. The molecule has 1 aliphatic rings. The molecule has 2 rings (SSSR count).